The molecule has 7 nitrogen and oxygen atoms in total. The molecule has 2 atom stereocenters. The molecule has 0 saturated carbocycles. The fourth-order valence-corrected chi connectivity index (χ4v) is 5.93. The SMILES string of the molecule is C[C@H]1C[C@H](C)CN(S(=O)(=O)c2ccc(NC(=O)Cc3ccc4c(c3)OCCO4)cc2)C1. The first-order chi connectivity index (χ1) is 14.8. The molecule has 1 fully saturated rings. The third kappa shape index (κ3) is 5.02. The van der Waals surface area contributed by atoms with Crippen molar-refractivity contribution in [3.8, 4) is 11.5 Å². The van der Waals surface area contributed by atoms with Gasteiger partial charge in [0.2, 0.25) is 15.9 Å². The van der Waals surface area contributed by atoms with Crippen molar-refractivity contribution >= 4 is 21.6 Å². The van der Waals surface area contributed by atoms with E-state index in [0.717, 1.165) is 12.0 Å². The molecule has 0 unspecified atom stereocenters. The lowest BCUT2D eigenvalue weighted by Crippen LogP contribution is -2.42. The number of piperidine rings is 1. The van der Waals surface area contributed by atoms with Crippen LogP contribution in [-0.2, 0) is 21.2 Å². The maximum absolute atomic E-state index is 13.0. The van der Waals surface area contributed by atoms with E-state index in [-0.39, 0.29) is 17.2 Å². The van der Waals surface area contributed by atoms with Gasteiger partial charge in [-0.3, -0.25) is 4.79 Å². The summed E-state index contributed by atoms with van der Waals surface area (Å²) in [5.74, 6) is 1.83. The summed E-state index contributed by atoms with van der Waals surface area (Å²) >= 11 is 0. The van der Waals surface area contributed by atoms with Gasteiger partial charge in [0.05, 0.1) is 11.3 Å². The fourth-order valence-electron chi connectivity index (χ4n) is 4.25. The molecule has 2 aliphatic rings. The first kappa shape index (κ1) is 21.6. The molecule has 0 aromatic heterocycles. The van der Waals surface area contributed by atoms with Gasteiger partial charge < -0.3 is 14.8 Å². The summed E-state index contributed by atoms with van der Waals surface area (Å²) in [5.41, 5.74) is 1.37. The van der Waals surface area contributed by atoms with Crippen LogP contribution in [0.25, 0.3) is 0 Å². The number of nitrogens with one attached hydrogen (secondary N) is 1. The lowest BCUT2D eigenvalue weighted by molar-refractivity contribution is -0.115. The first-order valence-corrected chi connectivity index (χ1v) is 12.0. The number of carbonyl (C=O) groups excluding carboxylic acids is 1. The largest absolute Gasteiger partial charge is 0.486 e. The second-order valence-electron chi connectivity index (χ2n) is 8.50. The van der Waals surface area contributed by atoms with E-state index in [0.29, 0.717) is 55.3 Å². The maximum atomic E-state index is 13.0. The Labute approximate surface area is 183 Å². The van der Waals surface area contributed by atoms with Crippen molar-refractivity contribution < 1.29 is 22.7 Å². The van der Waals surface area contributed by atoms with Crippen LogP contribution in [0.4, 0.5) is 5.69 Å². The van der Waals surface area contributed by atoms with Crippen LogP contribution in [0.3, 0.4) is 0 Å². The molecule has 4 rings (SSSR count). The van der Waals surface area contributed by atoms with Gasteiger partial charge in [-0.15, -0.1) is 0 Å². The maximum Gasteiger partial charge on any atom is 0.243 e. The van der Waals surface area contributed by atoms with Gasteiger partial charge in [-0.25, -0.2) is 8.42 Å². The number of benzene rings is 2. The summed E-state index contributed by atoms with van der Waals surface area (Å²) in [6.45, 7) is 6.26. The molecular weight excluding hydrogens is 416 g/mol. The third-order valence-electron chi connectivity index (χ3n) is 5.58. The highest BCUT2D eigenvalue weighted by Crippen LogP contribution is 2.31. The van der Waals surface area contributed by atoms with Crippen LogP contribution in [0, 0.1) is 11.8 Å². The minimum absolute atomic E-state index is 0.181. The molecule has 0 radical (unpaired) electrons. The van der Waals surface area contributed by atoms with Crippen LogP contribution in [0.2, 0.25) is 0 Å². The Balaban J connectivity index is 1.39. The van der Waals surface area contributed by atoms with E-state index < -0.39 is 10.0 Å². The van der Waals surface area contributed by atoms with Crippen molar-refractivity contribution in [3.05, 3.63) is 48.0 Å². The smallest absolute Gasteiger partial charge is 0.243 e. The van der Waals surface area contributed by atoms with E-state index in [2.05, 4.69) is 19.2 Å². The Morgan fingerprint density at radius 1 is 1.00 bits per heavy atom. The number of sulfonamides is 1. The molecule has 31 heavy (non-hydrogen) atoms. The summed E-state index contributed by atoms with van der Waals surface area (Å²) in [4.78, 5) is 12.7. The van der Waals surface area contributed by atoms with Crippen LogP contribution >= 0.6 is 0 Å². The van der Waals surface area contributed by atoms with Gasteiger partial charge >= 0.3 is 0 Å². The topological polar surface area (TPSA) is 84.9 Å². The van der Waals surface area contributed by atoms with Crippen molar-refractivity contribution in [3.63, 3.8) is 0 Å². The van der Waals surface area contributed by atoms with Crippen molar-refractivity contribution in [2.24, 2.45) is 11.8 Å². The number of amides is 1. The summed E-state index contributed by atoms with van der Waals surface area (Å²) in [6, 6.07) is 11.8. The number of rotatable bonds is 5. The normalized spacial score (nSPS) is 21.5. The van der Waals surface area contributed by atoms with Crippen LogP contribution in [0.5, 0.6) is 11.5 Å². The Hall–Kier alpha value is -2.58. The molecule has 0 spiro atoms. The number of anilines is 1. The molecule has 8 heteroatoms. The minimum atomic E-state index is -3.54. The van der Waals surface area contributed by atoms with Gasteiger partial charge in [-0.1, -0.05) is 19.9 Å². The van der Waals surface area contributed by atoms with E-state index in [9.17, 15) is 13.2 Å². The van der Waals surface area contributed by atoms with Gasteiger partial charge in [-0.05, 0) is 60.2 Å². The van der Waals surface area contributed by atoms with Gasteiger partial charge in [0, 0.05) is 18.8 Å². The van der Waals surface area contributed by atoms with Crippen LogP contribution in [0.1, 0.15) is 25.8 Å². The molecule has 2 aromatic carbocycles. The molecule has 2 aromatic rings. The van der Waals surface area contributed by atoms with E-state index in [1.807, 2.05) is 12.1 Å². The number of ether oxygens (including phenoxy) is 2. The average Bonchev–Trinajstić information content (AvgIpc) is 2.73. The zero-order valence-corrected chi connectivity index (χ0v) is 18.7. The highest BCUT2D eigenvalue weighted by Gasteiger charge is 2.31. The summed E-state index contributed by atoms with van der Waals surface area (Å²) in [6.07, 6.45) is 1.22. The first-order valence-electron chi connectivity index (χ1n) is 10.6. The van der Waals surface area contributed by atoms with E-state index >= 15 is 0 Å². The fraction of sp³-hybridized carbons (Fsp3) is 0.435. The van der Waals surface area contributed by atoms with Gasteiger partial charge in [0.1, 0.15) is 13.2 Å². The molecule has 1 saturated heterocycles. The van der Waals surface area contributed by atoms with Crippen molar-refractivity contribution in [1.82, 2.24) is 4.31 Å². The third-order valence-corrected chi connectivity index (χ3v) is 7.43. The summed E-state index contributed by atoms with van der Waals surface area (Å²) < 4.78 is 38.6. The molecular formula is C23H28N2O5S. The molecule has 0 bridgehead atoms. The average molecular weight is 445 g/mol. The molecule has 2 aliphatic heterocycles. The van der Waals surface area contributed by atoms with Crippen LogP contribution in [0.15, 0.2) is 47.4 Å². The second kappa shape index (κ2) is 8.88. The van der Waals surface area contributed by atoms with E-state index in [1.165, 1.54) is 0 Å². The lowest BCUT2D eigenvalue weighted by Gasteiger charge is -2.34. The van der Waals surface area contributed by atoms with E-state index in [4.69, 9.17) is 9.47 Å². The minimum Gasteiger partial charge on any atom is -0.486 e. The van der Waals surface area contributed by atoms with Crippen molar-refractivity contribution in [1.29, 1.82) is 0 Å². The number of hydrogen-bond donors (Lipinski definition) is 1. The Morgan fingerprint density at radius 2 is 1.65 bits per heavy atom. The Bertz CT molecular complexity index is 1040. The quantitative estimate of drug-likeness (QED) is 0.765. The van der Waals surface area contributed by atoms with Crippen molar-refractivity contribution in [2.45, 2.75) is 31.6 Å². The predicted molar refractivity (Wildman–Crippen MR) is 118 cm³/mol. The molecule has 0 aliphatic carbocycles. The highest BCUT2D eigenvalue weighted by molar-refractivity contribution is 7.89. The molecule has 166 valence electrons. The standard InChI is InChI=1S/C23H28N2O5S/c1-16-11-17(2)15-25(14-16)31(27,28)20-6-4-19(5-7-20)24-23(26)13-18-3-8-21-22(12-18)30-10-9-29-21/h3-8,12,16-17H,9-11,13-15H2,1-2H3,(H,24,26)/t16-,17-/m0/s1. The Morgan fingerprint density at radius 3 is 2.32 bits per heavy atom. The predicted octanol–water partition coefficient (Wildman–Crippen LogP) is 3.31. The molecule has 1 amide bonds. The monoisotopic (exact) mass is 444 g/mol. The summed E-state index contributed by atoms with van der Waals surface area (Å²) in [5, 5.41) is 2.82. The van der Waals surface area contributed by atoms with Crippen LogP contribution < -0.4 is 14.8 Å². The molecule has 1 N–H and O–H groups in total. The van der Waals surface area contributed by atoms with Crippen LogP contribution in [-0.4, -0.2) is 44.9 Å². The van der Waals surface area contributed by atoms with Gasteiger partial charge in [0.25, 0.3) is 0 Å². The number of carbonyl (C=O) groups is 1. The summed E-state index contributed by atoms with van der Waals surface area (Å²) in [7, 11) is -3.54. The van der Waals surface area contributed by atoms with Gasteiger partial charge in [0.15, 0.2) is 11.5 Å². The zero-order chi connectivity index (χ0) is 22.0. The van der Waals surface area contributed by atoms with E-state index in [1.54, 1.807) is 34.6 Å². The highest BCUT2D eigenvalue weighted by atomic mass is 32.2. The number of hydrogen-bond acceptors (Lipinski definition) is 5. The molecule has 2 heterocycles. The van der Waals surface area contributed by atoms with Gasteiger partial charge in [-0.2, -0.15) is 4.31 Å². The number of nitrogens with zero attached hydrogens (tertiary/aromatic N) is 1. The lowest BCUT2D eigenvalue weighted by atomic mass is 9.94. The second-order valence-corrected chi connectivity index (χ2v) is 10.4. The van der Waals surface area contributed by atoms with Crippen molar-refractivity contribution in [2.75, 3.05) is 31.6 Å². The number of fused-ring (bicyclic) bond motifs is 1. The zero-order valence-electron chi connectivity index (χ0n) is 17.8. The Kier molecular flexibility index (Phi) is 6.20.